The van der Waals surface area contributed by atoms with E-state index < -0.39 is 0 Å². The summed E-state index contributed by atoms with van der Waals surface area (Å²) in [5.41, 5.74) is 4.71. The van der Waals surface area contributed by atoms with Crippen LogP contribution in [-0.4, -0.2) is 28.0 Å². The third-order valence-electron chi connectivity index (χ3n) is 3.07. The Balaban J connectivity index is 2.79. The van der Waals surface area contributed by atoms with Gasteiger partial charge in [-0.25, -0.2) is 0 Å². The SMILES string of the molecule is CCOC(C)(C)C(Cc1cc(C)nn1C)NN. The number of nitrogens with one attached hydrogen (secondary N) is 1. The third kappa shape index (κ3) is 3.52. The zero-order valence-electron chi connectivity index (χ0n) is 11.4. The number of nitrogens with two attached hydrogens (primary N) is 1. The average molecular weight is 240 g/mol. The van der Waals surface area contributed by atoms with Crippen molar-refractivity contribution in [3.63, 3.8) is 0 Å². The predicted molar refractivity (Wildman–Crippen MR) is 68.5 cm³/mol. The summed E-state index contributed by atoms with van der Waals surface area (Å²) < 4.78 is 7.62. The molecule has 1 rings (SSSR count). The number of aryl methyl sites for hydroxylation is 2. The van der Waals surface area contributed by atoms with Gasteiger partial charge in [0.1, 0.15) is 0 Å². The quantitative estimate of drug-likeness (QED) is 0.573. The van der Waals surface area contributed by atoms with Crippen LogP contribution in [-0.2, 0) is 18.2 Å². The van der Waals surface area contributed by atoms with Gasteiger partial charge in [0.2, 0.25) is 0 Å². The van der Waals surface area contributed by atoms with Gasteiger partial charge in [0, 0.05) is 25.8 Å². The van der Waals surface area contributed by atoms with E-state index >= 15 is 0 Å². The molecule has 0 amide bonds. The summed E-state index contributed by atoms with van der Waals surface area (Å²) in [6, 6.07) is 2.13. The fraction of sp³-hybridized carbons (Fsp3) is 0.750. The highest BCUT2D eigenvalue weighted by Crippen LogP contribution is 2.18. The molecule has 0 fully saturated rings. The molecular formula is C12H24N4O. The van der Waals surface area contributed by atoms with Crippen molar-refractivity contribution in [2.75, 3.05) is 6.61 Å². The highest BCUT2D eigenvalue weighted by molar-refractivity contribution is 5.11. The van der Waals surface area contributed by atoms with Crippen molar-refractivity contribution in [1.29, 1.82) is 0 Å². The predicted octanol–water partition coefficient (Wildman–Crippen LogP) is 0.918. The first-order chi connectivity index (χ1) is 7.90. The Labute approximate surface area is 103 Å². The van der Waals surface area contributed by atoms with Crippen LogP contribution in [0.4, 0.5) is 0 Å². The first-order valence-corrected chi connectivity index (χ1v) is 6.00. The van der Waals surface area contributed by atoms with Crippen LogP contribution >= 0.6 is 0 Å². The van der Waals surface area contributed by atoms with Gasteiger partial charge < -0.3 is 4.74 Å². The smallest absolute Gasteiger partial charge is 0.0795 e. The van der Waals surface area contributed by atoms with E-state index in [2.05, 4.69) is 16.6 Å². The lowest BCUT2D eigenvalue weighted by atomic mass is 9.94. The Hall–Kier alpha value is -0.910. The van der Waals surface area contributed by atoms with Crippen molar-refractivity contribution in [3.8, 4) is 0 Å². The van der Waals surface area contributed by atoms with Crippen molar-refractivity contribution < 1.29 is 4.74 Å². The van der Waals surface area contributed by atoms with Crippen LogP contribution in [0.2, 0.25) is 0 Å². The van der Waals surface area contributed by atoms with Crippen LogP contribution in [0, 0.1) is 6.92 Å². The van der Waals surface area contributed by atoms with Crippen LogP contribution in [0.1, 0.15) is 32.2 Å². The summed E-state index contributed by atoms with van der Waals surface area (Å²) >= 11 is 0. The van der Waals surface area contributed by atoms with Crippen LogP contribution in [0.15, 0.2) is 6.07 Å². The molecule has 5 nitrogen and oxygen atoms in total. The molecule has 3 N–H and O–H groups in total. The Kier molecular flexibility index (Phi) is 4.68. The van der Waals surface area contributed by atoms with E-state index in [4.69, 9.17) is 10.6 Å². The molecule has 0 bridgehead atoms. The Morgan fingerprint density at radius 1 is 1.59 bits per heavy atom. The third-order valence-corrected chi connectivity index (χ3v) is 3.07. The van der Waals surface area contributed by atoms with Crippen molar-refractivity contribution >= 4 is 0 Å². The van der Waals surface area contributed by atoms with Gasteiger partial charge in [-0.2, -0.15) is 5.10 Å². The second-order valence-electron chi connectivity index (χ2n) is 4.86. The minimum Gasteiger partial charge on any atom is -0.374 e. The molecule has 98 valence electrons. The van der Waals surface area contributed by atoms with Crippen molar-refractivity contribution in [1.82, 2.24) is 15.2 Å². The lowest BCUT2D eigenvalue weighted by molar-refractivity contribution is -0.0384. The van der Waals surface area contributed by atoms with Crippen molar-refractivity contribution in [2.24, 2.45) is 12.9 Å². The highest BCUT2D eigenvalue weighted by Gasteiger charge is 2.30. The number of rotatable bonds is 6. The van der Waals surface area contributed by atoms with Gasteiger partial charge in [0.15, 0.2) is 0 Å². The molecule has 1 aromatic rings. The zero-order valence-corrected chi connectivity index (χ0v) is 11.4. The largest absolute Gasteiger partial charge is 0.374 e. The molecule has 1 heterocycles. The first kappa shape index (κ1) is 14.2. The topological polar surface area (TPSA) is 65.1 Å². The van der Waals surface area contributed by atoms with Gasteiger partial charge >= 0.3 is 0 Å². The molecule has 0 saturated carbocycles. The summed E-state index contributed by atoms with van der Waals surface area (Å²) in [5.74, 6) is 5.63. The highest BCUT2D eigenvalue weighted by atomic mass is 16.5. The second kappa shape index (κ2) is 5.62. The van der Waals surface area contributed by atoms with E-state index in [0.717, 1.165) is 17.8 Å². The van der Waals surface area contributed by atoms with Gasteiger partial charge in [-0.1, -0.05) is 0 Å². The van der Waals surface area contributed by atoms with Crippen LogP contribution < -0.4 is 11.3 Å². The van der Waals surface area contributed by atoms with Gasteiger partial charge in [-0.15, -0.1) is 0 Å². The molecule has 5 heteroatoms. The lowest BCUT2D eigenvalue weighted by Crippen LogP contribution is -2.53. The maximum absolute atomic E-state index is 5.73. The monoisotopic (exact) mass is 240 g/mol. The maximum Gasteiger partial charge on any atom is 0.0795 e. The van der Waals surface area contributed by atoms with Crippen LogP contribution in [0.3, 0.4) is 0 Å². The molecular weight excluding hydrogens is 216 g/mol. The molecule has 0 spiro atoms. The Morgan fingerprint density at radius 3 is 2.65 bits per heavy atom. The molecule has 1 aromatic heterocycles. The molecule has 0 aliphatic carbocycles. The maximum atomic E-state index is 5.73. The van der Waals surface area contributed by atoms with Crippen molar-refractivity contribution in [3.05, 3.63) is 17.5 Å². The number of hydrogen-bond donors (Lipinski definition) is 2. The van der Waals surface area contributed by atoms with Gasteiger partial charge in [0.25, 0.3) is 0 Å². The summed E-state index contributed by atoms with van der Waals surface area (Å²) in [7, 11) is 1.95. The number of ether oxygens (including phenoxy) is 1. The molecule has 0 aromatic carbocycles. The van der Waals surface area contributed by atoms with Gasteiger partial charge in [-0.3, -0.25) is 16.0 Å². The van der Waals surface area contributed by atoms with Crippen molar-refractivity contribution in [2.45, 2.75) is 45.8 Å². The van der Waals surface area contributed by atoms with Crippen LogP contribution in [0.25, 0.3) is 0 Å². The molecule has 1 unspecified atom stereocenters. The second-order valence-corrected chi connectivity index (χ2v) is 4.86. The van der Waals surface area contributed by atoms with E-state index in [0.29, 0.717) is 6.61 Å². The summed E-state index contributed by atoms with van der Waals surface area (Å²) in [5, 5.41) is 4.33. The molecule has 0 radical (unpaired) electrons. The lowest BCUT2D eigenvalue weighted by Gasteiger charge is -2.33. The Morgan fingerprint density at radius 2 is 2.24 bits per heavy atom. The summed E-state index contributed by atoms with van der Waals surface area (Å²) in [4.78, 5) is 0. The van der Waals surface area contributed by atoms with E-state index in [-0.39, 0.29) is 11.6 Å². The van der Waals surface area contributed by atoms with E-state index in [1.165, 1.54) is 0 Å². The number of aromatic nitrogens is 2. The number of nitrogens with zero attached hydrogens (tertiary/aromatic N) is 2. The van der Waals surface area contributed by atoms with Gasteiger partial charge in [0.05, 0.1) is 17.3 Å². The number of hydrogen-bond acceptors (Lipinski definition) is 4. The first-order valence-electron chi connectivity index (χ1n) is 6.00. The average Bonchev–Trinajstić information content (AvgIpc) is 2.53. The summed E-state index contributed by atoms with van der Waals surface area (Å²) in [6.45, 7) is 8.75. The van der Waals surface area contributed by atoms with E-state index in [1.807, 2.05) is 39.4 Å². The standard InChI is InChI=1S/C12H24N4O/c1-6-17-12(3,4)11(14-13)8-10-7-9(2)15-16(10)5/h7,11,14H,6,8,13H2,1-5H3. The van der Waals surface area contributed by atoms with Gasteiger partial charge in [-0.05, 0) is 33.8 Å². The summed E-state index contributed by atoms with van der Waals surface area (Å²) in [6.07, 6.45) is 0.792. The number of hydrazine groups is 1. The minimum atomic E-state index is -0.304. The van der Waals surface area contributed by atoms with E-state index in [1.54, 1.807) is 0 Å². The fourth-order valence-electron chi connectivity index (χ4n) is 2.04. The normalized spacial score (nSPS) is 14.0. The zero-order chi connectivity index (χ0) is 13.1. The molecule has 17 heavy (non-hydrogen) atoms. The Bertz CT molecular complexity index is 359. The van der Waals surface area contributed by atoms with E-state index in [9.17, 15) is 0 Å². The fourth-order valence-corrected chi connectivity index (χ4v) is 2.04. The molecule has 0 aliphatic heterocycles. The molecule has 1 atom stereocenters. The van der Waals surface area contributed by atoms with Crippen LogP contribution in [0.5, 0.6) is 0 Å². The molecule has 0 aliphatic rings. The molecule has 0 saturated heterocycles. The minimum absolute atomic E-state index is 0.0530.